The predicted molar refractivity (Wildman–Crippen MR) is 80.2 cm³/mol. The van der Waals surface area contributed by atoms with Gasteiger partial charge in [-0.2, -0.15) is 0 Å². The van der Waals surface area contributed by atoms with Crippen LogP contribution in [0.1, 0.15) is 12.5 Å². The Labute approximate surface area is 126 Å². The van der Waals surface area contributed by atoms with Crippen LogP contribution in [0.3, 0.4) is 0 Å². The molecule has 1 N–H and O–H groups in total. The Morgan fingerprint density at radius 2 is 2.09 bits per heavy atom. The fourth-order valence-electron chi connectivity index (χ4n) is 2.01. The van der Waals surface area contributed by atoms with Crippen molar-refractivity contribution in [3.8, 4) is 11.5 Å². The summed E-state index contributed by atoms with van der Waals surface area (Å²) < 4.78 is 14.7. The molecule has 0 radical (unpaired) electrons. The second-order valence-electron chi connectivity index (χ2n) is 4.68. The molecule has 0 amide bonds. The van der Waals surface area contributed by atoms with Crippen molar-refractivity contribution in [1.82, 2.24) is 0 Å². The van der Waals surface area contributed by atoms with Gasteiger partial charge >= 0.3 is 11.6 Å². The van der Waals surface area contributed by atoms with Crippen molar-refractivity contribution >= 4 is 16.9 Å². The van der Waals surface area contributed by atoms with Crippen molar-refractivity contribution in [2.45, 2.75) is 13.3 Å². The predicted octanol–water partition coefficient (Wildman–Crippen LogP) is 2.17. The smallest absolute Gasteiger partial charge is 0.339 e. The molecule has 2 rings (SSSR count). The van der Waals surface area contributed by atoms with Gasteiger partial charge in [0.15, 0.2) is 11.3 Å². The molecular weight excluding hydrogens is 288 g/mol. The summed E-state index contributed by atoms with van der Waals surface area (Å²) in [6, 6.07) is 4.87. The van der Waals surface area contributed by atoms with E-state index < -0.39 is 11.6 Å². The van der Waals surface area contributed by atoms with E-state index in [1.54, 1.807) is 31.2 Å². The van der Waals surface area contributed by atoms with E-state index in [2.05, 4.69) is 4.74 Å². The molecule has 22 heavy (non-hydrogen) atoms. The number of benzene rings is 1. The minimum absolute atomic E-state index is 0.0711. The van der Waals surface area contributed by atoms with Crippen LogP contribution in [0.5, 0.6) is 11.5 Å². The van der Waals surface area contributed by atoms with Gasteiger partial charge in [0, 0.05) is 16.5 Å². The fraction of sp³-hybridized carbons (Fsp3) is 0.250. The number of hydrogen-bond donors (Lipinski definition) is 1. The lowest BCUT2D eigenvalue weighted by Gasteiger charge is -2.06. The summed E-state index contributed by atoms with van der Waals surface area (Å²) in [4.78, 5) is 23.3. The van der Waals surface area contributed by atoms with Crippen molar-refractivity contribution in [3.63, 3.8) is 0 Å². The summed E-state index contributed by atoms with van der Waals surface area (Å²) in [6.45, 7) is 1.60. The molecule has 0 spiro atoms. The molecule has 6 nitrogen and oxygen atoms in total. The Morgan fingerprint density at radius 1 is 1.36 bits per heavy atom. The molecule has 0 unspecified atom stereocenters. The highest BCUT2D eigenvalue weighted by Crippen LogP contribution is 2.33. The Bertz CT molecular complexity index is 800. The standard InChI is InChI=1S/C16H16O6/c1-9(15(18)21-3)4-5-11-8-10-6-7-12(20-2)13(17)14(10)22-16(11)19/h4,6-8,17H,5H2,1-3H3/b9-4+. The van der Waals surface area contributed by atoms with Crippen LogP contribution < -0.4 is 10.4 Å². The third kappa shape index (κ3) is 2.95. The first kappa shape index (κ1) is 15.6. The maximum Gasteiger partial charge on any atom is 0.339 e. The summed E-state index contributed by atoms with van der Waals surface area (Å²) in [5.74, 6) is -0.442. The van der Waals surface area contributed by atoms with E-state index >= 15 is 0 Å². The zero-order valence-corrected chi connectivity index (χ0v) is 12.5. The average Bonchev–Trinajstić information content (AvgIpc) is 2.53. The monoisotopic (exact) mass is 304 g/mol. The van der Waals surface area contributed by atoms with Gasteiger partial charge in [-0.05, 0) is 31.5 Å². The van der Waals surface area contributed by atoms with Gasteiger partial charge in [-0.15, -0.1) is 0 Å². The summed E-state index contributed by atoms with van der Waals surface area (Å²) in [6.07, 6.45) is 1.82. The van der Waals surface area contributed by atoms with E-state index in [4.69, 9.17) is 9.15 Å². The molecule has 1 aromatic carbocycles. The molecule has 6 heteroatoms. The lowest BCUT2D eigenvalue weighted by Crippen LogP contribution is -2.08. The molecule has 0 aliphatic carbocycles. The third-order valence-electron chi connectivity index (χ3n) is 3.27. The van der Waals surface area contributed by atoms with E-state index in [1.165, 1.54) is 14.2 Å². The molecule has 0 bridgehead atoms. The van der Waals surface area contributed by atoms with Crippen molar-refractivity contribution in [1.29, 1.82) is 0 Å². The number of esters is 1. The molecule has 0 saturated carbocycles. The highest BCUT2D eigenvalue weighted by atomic mass is 16.5. The number of rotatable bonds is 4. The normalized spacial score (nSPS) is 11.5. The van der Waals surface area contributed by atoms with Crippen LogP contribution in [0.4, 0.5) is 0 Å². The fourth-order valence-corrected chi connectivity index (χ4v) is 2.01. The van der Waals surface area contributed by atoms with Crippen LogP contribution >= 0.6 is 0 Å². The number of phenols is 1. The summed E-state index contributed by atoms with van der Waals surface area (Å²) in [5, 5.41) is 10.5. The minimum Gasteiger partial charge on any atom is -0.502 e. The molecule has 1 heterocycles. The summed E-state index contributed by atoms with van der Waals surface area (Å²) >= 11 is 0. The number of fused-ring (bicyclic) bond motifs is 1. The maximum absolute atomic E-state index is 12.0. The van der Waals surface area contributed by atoms with Gasteiger partial charge in [0.05, 0.1) is 14.2 Å². The third-order valence-corrected chi connectivity index (χ3v) is 3.27. The van der Waals surface area contributed by atoms with E-state index in [-0.39, 0.29) is 23.5 Å². The molecule has 0 aliphatic heterocycles. The first-order chi connectivity index (χ1) is 10.5. The van der Waals surface area contributed by atoms with Gasteiger partial charge in [-0.3, -0.25) is 0 Å². The van der Waals surface area contributed by atoms with Crippen LogP contribution in [-0.4, -0.2) is 25.3 Å². The molecular formula is C16H16O6. The maximum atomic E-state index is 12.0. The van der Waals surface area contributed by atoms with Crippen LogP contribution in [0.2, 0.25) is 0 Å². The van der Waals surface area contributed by atoms with Gasteiger partial charge < -0.3 is 19.0 Å². The minimum atomic E-state index is -0.579. The largest absolute Gasteiger partial charge is 0.502 e. The Morgan fingerprint density at radius 3 is 2.73 bits per heavy atom. The first-order valence-electron chi connectivity index (χ1n) is 6.55. The Hall–Kier alpha value is -2.76. The zero-order chi connectivity index (χ0) is 16.3. The van der Waals surface area contributed by atoms with Crippen LogP contribution in [0, 0.1) is 0 Å². The van der Waals surface area contributed by atoms with Gasteiger partial charge in [0.25, 0.3) is 0 Å². The number of carbonyl (C=O) groups is 1. The van der Waals surface area contributed by atoms with Gasteiger partial charge in [0.1, 0.15) is 0 Å². The highest BCUT2D eigenvalue weighted by Gasteiger charge is 2.12. The van der Waals surface area contributed by atoms with Crippen molar-refractivity contribution < 1.29 is 23.8 Å². The van der Waals surface area contributed by atoms with Gasteiger partial charge in [0.2, 0.25) is 5.75 Å². The number of allylic oxidation sites excluding steroid dienone is 1. The number of carbonyl (C=O) groups excluding carboxylic acids is 1. The van der Waals surface area contributed by atoms with Crippen LogP contribution in [0.25, 0.3) is 11.0 Å². The Kier molecular flexibility index (Phi) is 4.50. The summed E-state index contributed by atoms with van der Waals surface area (Å²) in [7, 11) is 2.70. The molecule has 0 saturated heterocycles. The SMILES string of the molecule is COC(=O)/C(C)=C/Cc1cc2ccc(OC)c(O)c2oc1=O. The first-order valence-corrected chi connectivity index (χ1v) is 6.55. The Balaban J connectivity index is 2.43. The quantitative estimate of drug-likeness (QED) is 0.529. The van der Waals surface area contributed by atoms with E-state index in [1.807, 2.05) is 0 Å². The topological polar surface area (TPSA) is 86.0 Å². The number of phenolic OH excluding ortho intramolecular Hbond substituents is 1. The molecule has 1 aromatic heterocycles. The molecule has 116 valence electrons. The van der Waals surface area contributed by atoms with E-state index in [0.29, 0.717) is 16.5 Å². The number of ether oxygens (including phenoxy) is 2. The number of hydrogen-bond acceptors (Lipinski definition) is 6. The van der Waals surface area contributed by atoms with Crippen LogP contribution in [-0.2, 0) is 16.0 Å². The summed E-state index contributed by atoms with van der Waals surface area (Å²) in [5.41, 5.74) is 0.270. The number of methoxy groups -OCH3 is 2. The highest BCUT2D eigenvalue weighted by molar-refractivity contribution is 5.88. The molecule has 2 aromatic rings. The second-order valence-corrected chi connectivity index (χ2v) is 4.68. The lowest BCUT2D eigenvalue weighted by atomic mass is 10.1. The van der Waals surface area contributed by atoms with Crippen molar-refractivity contribution in [2.24, 2.45) is 0 Å². The molecule has 0 fully saturated rings. The van der Waals surface area contributed by atoms with Gasteiger partial charge in [-0.1, -0.05) is 6.08 Å². The molecule has 0 atom stereocenters. The van der Waals surface area contributed by atoms with Crippen LogP contribution in [0.15, 0.2) is 39.1 Å². The van der Waals surface area contributed by atoms with Crippen molar-refractivity contribution in [2.75, 3.05) is 14.2 Å². The van der Waals surface area contributed by atoms with E-state index in [0.717, 1.165) is 0 Å². The van der Waals surface area contributed by atoms with E-state index in [9.17, 15) is 14.7 Å². The average molecular weight is 304 g/mol. The van der Waals surface area contributed by atoms with Gasteiger partial charge in [-0.25, -0.2) is 9.59 Å². The second kappa shape index (κ2) is 6.34. The lowest BCUT2D eigenvalue weighted by molar-refractivity contribution is -0.136. The molecule has 0 aliphatic rings. The van der Waals surface area contributed by atoms with Crippen molar-refractivity contribution in [3.05, 3.63) is 45.8 Å². The zero-order valence-electron chi connectivity index (χ0n) is 12.5. The number of aromatic hydroxyl groups is 1.